The van der Waals surface area contributed by atoms with Crippen LogP contribution in [0.25, 0.3) is 5.65 Å². The summed E-state index contributed by atoms with van der Waals surface area (Å²) in [5, 5.41) is 4.72. The highest BCUT2D eigenvalue weighted by Crippen LogP contribution is 2.55. The van der Waals surface area contributed by atoms with Gasteiger partial charge >= 0.3 is 0 Å². The van der Waals surface area contributed by atoms with E-state index in [0.29, 0.717) is 17.0 Å². The highest BCUT2D eigenvalue weighted by atomic mass is 35.5. The predicted octanol–water partition coefficient (Wildman–Crippen LogP) is 3.05. The molecule has 3 aromatic heterocycles. The Hall–Kier alpha value is -1.94. The summed E-state index contributed by atoms with van der Waals surface area (Å²) in [7, 11) is 0. The summed E-state index contributed by atoms with van der Waals surface area (Å²) in [6.07, 6.45) is 8.44. The maximum Gasteiger partial charge on any atom is 0.157 e. The van der Waals surface area contributed by atoms with Gasteiger partial charge in [-0.25, -0.2) is 9.50 Å². The first-order valence-corrected chi connectivity index (χ1v) is 6.60. The van der Waals surface area contributed by atoms with Gasteiger partial charge in [0.1, 0.15) is 5.15 Å². The van der Waals surface area contributed by atoms with E-state index in [1.165, 1.54) is 11.1 Å². The standard InChI is InChI=1S/C14H11ClN4/c15-13-7-12(14-17-4-5-19(14)18-13)11-6-10(11)9-2-1-3-16-8-9/h1-5,7-8,10-11H,6H2/t10-,11+/m1/s1. The minimum Gasteiger partial charge on any atom is -0.264 e. The van der Waals surface area contributed by atoms with E-state index in [1.54, 1.807) is 16.9 Å². The Morgan fingerprint density at radius 1 is 1.26 bits per heavy atom. The fourth-order valence-electron chi connectivity index (χ4n) is 2.68. The molecule has 1 fully saturated rings. The normalized spacial score (nSPS) is 21.7. The Morgan fingerprint density at radius 2 is 2.21 bits per heavy atom. The second-order valence-corrected chi connectivity index (χ2v) is 5.24. The monoisotopic (exact) mass is 270 g/mol. The summed E-state index contributed by atoms with van der Waals surface area (Å²) >= 11 is 6.07. The molecular weight excluding hydrogens is 260 g/mol. The van der Waals surface area contributed by atoms with Crippen molar-refractivity contribution in [2.24, 2.45) is 0 Å². The van der Waals surface area contributed by atoms with Crippen LogP contribution in [0, 0.1) is 0 Å². The molecule has 94 valence electrons. The topological polar surface area (TPSA) is 43.1 Å². The minimum absolute atomic E-state index is 0.467. The van der Waals surface area contributed by atoms with E-state index >= 15 is 0 Å². The van der Waals surface area contributed by atoms with E-state index in [2.05, 4.69) is 21.1 Å². The molecule has 4 rings (SSSR count). The Balaban J connectivity index is 1.75. The molecule has 1 aliphatic carbocycles. The average molecular weight is 271 g/mol. The van der Waals surface area contributed by atoms with Crippen molar-refractivity contribution < 1.29 is 0 Å². The Morgan fingerprint density at radius 3 is 3.05 bits per heavy atom. The molecule has 0 unspecified atom stereocenters. The fraction of sp³-hybridized carbons (Fsp3) is 0.214. The maximum absolute atomic E-state index is 6.07. The molecule has 0 N–H and O–H groups in total. The molecule has 0 radical (unpaired) electrons. The number of pyridine rings is 1. The van der Waals surface area contributed by atoms with E-state index in [4.69, 9.17) is 11.6 Å². The van der Waals surface area contributed by atoms with Gasteiger partial charge in [-0.2, -0.15) is 5.10 Å². The molecular formula is C14H11ClN4. The molecule has 0 bridgehead atoms. The van der Waals surface area contributed by atoms with Gasteiger partial charge in [0, 0.05) is 30.4 Å². The lowest BCUT2D eigenvalue weighted by Gasteiger charge is -2.04. The maximum atomic E-state index is 6.07. The molecule has 4 nitrogen and oxygen atoms in total. The summed E-state index contributed by atoms with van der Waals surface area (Å²) in [4.78, 5) is 8.56. The van der Waals surface area contributed by atoms with Crippen LogP contribution in [0.3, 0.4) is 0 Å². The van der Waals surface area contributed by atoms with Crippen LogP contribution in [-0.2, 0) is 0 Å². The van der Waals surface area contributed by atoms with Crippen LogP contribution in [-0.4, -0.2) is 19.6 Å². The molecule has 0 saturated heterocycles. The summed E-state index contributed by atoms with van der Waals surface area (Å²) in [5.41, 5.74) is 3.37. The Labute approximate surface area is 115 Å². The molecule has 1 aliphatic rings. The van der Waals surface area contributed by atoms with E-state index in [9.17, 15) is 0 Å². The van der Waals surface area contributed by atoms with Crippen molar-refractivity contribution in [3.63, 3.8) is 0 Å². The number of hydrogen-bond acceptors (Lipinski definition) is 3. The summed E-state index contributed by atoms with van der Waals surface area (Å²) in [6, 6.07) is 6.05. The average Bonchev–Trinajstić information content (AvgIpc) is 3.10. The van der Waals surface area contributed by atoms with Crippen molar-refractivity contribution in [2.75, 3.05) is 0 Å². The molecule has 0 spiro atoms. The van der Waals surface area contributed by atoms with Gasteiger partial charge in [-0.05, 0) is 36.0 Å². The number of rotatable bonds is 2. The van der Waals surface area contributed by atoms with Crippen molar-refractivity contribution >= 4 is 17.2 Å². The van der Waals surface area contributed by atoms with E-state index in [0.717, 1.165) is 12.1 Å². The van der Waals surface area contributed by atoms with Crippen LogP contribution in [0.2, 0.25) is 5.15 Å². The molecule has 5 heteroatoms. The van der Waals surface area contributed by atoms with Crippen molar-refractivity contribution in [1.82, 2.24) is 19.6 Å². The molecule has 1 saturated carbocycles. The van der Waals surface area contributed by atoms with Crippen molar-refractivity contribution in [3.05, 3.63) is 59.3 Å². The summed E-state index contributed by atoms with van der Waals surface area (Å²) < 4.78 is 1.75. The SMILES string of the molecule is Clc1cc([C@H]2C[C@@H]2c2cccnc2)c2nccn2n1. The van der Waals surface area contributed by atoms with Crippen molar-refractivity contribution in [2.45, 2.75) is 18.3 Å². The van der Waals surface area contributed by atoms with Gasteiger partial charge in [0.2, 0.25) is 0 Å². The predicted molar refractivity (Wildman–Crippen MR) is 72.3 cm³/mol. The van der Waals surface area contributed by atoms with Gasteiger partial charge in [-0.3, -0.25) is 4.98 Å². The second kappa shape index (κ2) is 4.03. The fourth-order valence-corrected chi connectivity index (χ4v) is 2.88. The number of nitrogens with zero attached hydrogens (tertiary/aromatic N) is 4. The molecule has 0 aromatic carbocycles. The van der Waals surface area contributed by atoms with Crippen LogP contribution in [0.15, 0.2) is 43.0 Å². The Kier molecular flexibility index (Phi) is 2.32. The van der Waals surface area contributed by atoms with Gasteiger partial charge in [0.25, 0.3) is 0 Å². The number of aromatic nitrogens is 4. The first-order chi connectivity index (χ1) is 9.33. The first-order valence-electron chi connectivity index (χ1n) is 6.22. The van der Waals surface area contributed by atoms with Gasteiger partial charge in [0.05, 0.1) is 0 Å². The molecule has 2 atom stereocenters. The largest absolute Gasteiger partial charge is 0.264 e. The first kappa shape index (κ1) is 10.9. The zero-order valence-corrected chi connectivity index (χ0v) is 10.8. The molecule has 3 aromatic rings. The molecule has 0 aliphatic heterocycles. The van der Waals surface area contributed by atoms with Gasteiger partial charge in [-0.1, -0.05) is 17.7 Å². The van der Waals surface area contributed by atoms with Crippen molar-refractivity contribution in [3.8, 4) is 0 Å². The third-order valence-corrected chi connectivity index (χ3v) is 3.84. The Bertz CT molecular complexity index is 738. The van der Waals surface area contributed by atoms with Crippen LogP contribution in [0.1, 0.15) is 29.4 Å². The van der Waals surface area contributed by atoms with Gasteiger partial charge in [-0.15, -0.1) is 0 Å². The van der Waals surface area contributed by atoms with Crippen LogP contribution in [0.5, 0.6) is 0 Å². The number of halogens is 1. The highest BCUT2D eigenvalue weighted by molar-refractivity contribution is 6.29. The summed E-state index contributed by atoms with van der Waals surface area (Å²) in [6.45, 7) is 0. The van der Waals surface area contributed by atoms with Crippen LogP contribution < -0.4 is 0 Å². The number of hydrogen-bond donors (Lipinski definition) is 0. The zero-order chi connectivity index (χ0) is 12.8. The number of fused-ring (bicyclic) bond motifs is 1. The smallest absolute Gasteiger partial charge is 0.157 e. The van der Waals surface area contributed by atoms with E-state index < -0.39 is 0 Å². The zero-order valence-electron chi connectivity index (χ0n) is 10.1. The van der Waals surface area contributed by atoms with Crippen molar-refractivity contribution in [1.29, 1.82) is 0 Å². The second-order valence-electron chi connectivity index (χ2n) is 4.85. The molecule has 0 amide bonds. The van der Waals surface area contributed by atoms with Gasteiger partial charge in [0.15, 0.2) is 5.65 Å². The lowest BCUT2D eigenvalue weighted by atomic mass is 10.1. The van der Waals surface area contributed by atoms with E-state index in [-0.39, 0.29) is 0 Å². The molecule has 3 heterocycles. The van der Waals surface area contributed by atoms with Crippen LogP contribution >= 0.6 is 11.6 Å². The van der Waals surface area contributed by atoms with Crippen LogP contribution in [0.4, 0.5) is 0 Å². The molecule has 19 heavy (non-hydrogen) atoms. The van der Waals surface area contributed by atoms with Gasteiger partial charge < -0.3 is 0 Å². The minimum atomic E-state index is 0.467. The third kappa shape index (κ3) is 1.79. The van der Waals surface area contributed by atoms with E-state index in [1.807, 2.05) is 24.5 Å². The third-order valence-electron chi connectivity index (χ3n) is 3.66. The quantitative estimate of drug-likeness (QED) is 0.719. The lowest BCUT2D eigenvalue weighted by Crippen LogP contribution is -1.96. The lowest BCUT2D eigenvalue weighted by molar-refractivity contribution is 0.905. The number of imidazole rings is 1. The highest BCUT2D eigenvalue weighted by Gasteiger charge is 2.41. The summed E-state index contributed by atoms with van der Waals surface area (Å²) in [5.74, 6) is 0.988.